The first-order chi connectivity index (χ1) is 18.4. The molecule has 7 heteroatoms. The molecule has 2 aromatic rings. The minimum atomic E-state index is -0.0654. The predicted molar refractivity (Wildman–Crippen MR) is 174 cm³/mol. The van der Waals surface area contributed by atoms with E-state index in [4.69, 9.17) is 16.3 Å². The molecule has 0 atom stereocenters. The van der Waals surface area contributed by atoms with E-state index in [9.17, 15) is 0 Å². The first-order valence-corrected chi connectivity index (χ1v) is 13.5. The highest BCUT2D eigenvalue weighted by Crippen LogP contribution is 2.40. The molecule has 6 nitrogen and oxygen atoms in total. The molecule has 0 fully saturated rings. The van der Waals surface area contributed by atoms with Crippen LogP contribution in [0.1, 0.15) is 64.7 Å². The Morgan fingerprint density at radius 2 is 1.85 bits per heavy atom. The van der Waals surface area contributed by atoms with Crippen LogP contribution in [0.3, 0.4) is 0 Å². The number of nitrogens with zero attached hydrogens (tertiary/aromatic N) is 1. The monoisotopic (exact) mass is 547 g/mol. The minimum Gasteiger partial charge on any atom is -0.492 e. The number of benzene rings is 2. The van der Waals surface area contributed by atoms with Crippen molar-refractivity contribution in [3.05, 3.63) is 101 Å². The molecule has 0 aliphatic carbocycles. The maximum Gasteiger partial charge on any atom is 0.166 e. The van der Waals surface area contributed by atoms with Crippen LogP contribution in [-0.2, 0) is 5.41 Å². The smallest absolute Gasteiger partial charge is 0.166 e. The summed E-state index contributed by atoms with van der Waals surface area (Å²) in [4.78, 5) is 0. The number of allylic oxidation sites excluding steroid dienone is 5. The van der Waals surface area contributed by atoms with Crippen molar-refractivity contribution in [1.82, 2.24) is 0 Å². The van der Waals surface area contributed by atoms with Gasteiger partial charge in [-0.15, -0.1) is 0 Å². The van der Waals surface area contributed by atoms with Gasteiger partial charge in [0.1, 0.15) is 0 Å². The summed E-state index contributed by atoms with van der Waals surface area (Å²) < 4.78 is 8.75. The van der Waals surface area contributed by atoms with Crippen LogP contribution in [0, 0.1) is 6.92 Å². The maximum absolute atomic E-state index is 6.54. The summed E-state index contributed by atoms with van der Waals surface area (Å²) in [5, 5.41) is 5.18. The number of rotatable bonds is 11. The highest BCUT2D eigenvalue weighted by molar-refractivity contribution is 7.81. The van der Waals surface area contributed by atoms with Crippen molar-refractivity contribution in [2.24, 2.45) is 11.6 Å². The minimum absolute atomic E-state index is 0.0654. The van der Waals surface area contributed by atoms with Crippen molar-refractivity contribution in [1.29, 1.82) is 0 Å². The van der Waals surface area contributed by atoms with E-state index in [0.717, 1.165) is 57.0 Å². The summed E-state index contributed by atoms with van der Waals surface area (Å²) in [7, 11) is 1.66. The molecule has 2 aromatic carbocycles. The third-order valence-corrected chi connectivity index (χ3v) is 6.50. The SMILES string of the molecule is C=C(C)C(=C\C=C/C)/C(N)=C/N(N)c1cc(C(=CCC)Nc2cc(C(C)(C)C)cc(NS)c2OC)ccc1C. The number of hydrogen-bond acceptors (Lipinski definition) is 7. The molecule has 0 unspecified atom stereocenters. The van der Waals surface area contributed by atoms with Crippen molar-refractivity contribution < 1.29 is 4.74 Å². The van der Waals surface area contributed by atoms with Gasteiger partial charge in [-0.2, -0.15) is 0 Å². The lowest BCUT2D eigenvalue weighted by molar-refractivity contribution is 0.418. The standard InChI is InChI=1S/C32H45N5OS/c1-10-12-14-25(21(3)4)26(33)20-37(34)30-17-23(16-15-22(30)5)27(13-11-2)35-28-18-24(32(6,7)8)19-29(36-39)31(28)38-9/h10,12-20,35-36,39H,3,11,33-34H2,1-2,4-9H3/b12-10-,25-14+,26-20-,27-13?. The maximum atomic E-state index is 6.54. The zero-order valence-corrected chi connectivity index (χ0v) is 25.5. The molecule has 0 saturated carbocycles. The second-order valence-electron chi connectivity index (χ2n) is 10.5. The number of nitrogens with two attached hydrogens (primary N) is 2. The zero-order chi connectivity index (χ0) is 29.3. The van der Waals surface area contributed by atoms with Crippen molar-refractivity contribution in [2.75, 3.05) is 22.2 Å². The van der Waals surface area contributed by atoms with Gasteiger partial charge in [0.05, 0.1) is 29.9 Å². The van der Waals surface area contributed by atoms with Crippen LogP contribution < -0.4 is 31.4 Å². The second-order valence-corrected chi connectivity index (χ2v) is 10.7. The van der Waals surface area contributed by atoms with Crippen molar-refractivity contribution >= 4 is 35.6 Å². The second kappa shape index (κ2) is 14.0. The molecule has 0 aromatic heterocycles. The van der Waals surface area contributed by atoms with Crippen LogP contribution >= 0.6 is 12.8 Å². The van der Waals surface area contributed by atoms with E-state index >= 15 is 0 Å². The topological polar surface area (TPSA) is 88.6 Å². The van der Waals surface area contributed by atoms with E-state index in [1.54, 1.807) is 18.3 Å². The van der Waals surface area contributed by atoms with Gasteiger partial charge in [0, 0.05) is 17.5 Å². The lowest BCUT2D eigenvalue weighted by atomic mass is 9.86. The normalized spacial score (nSPS) is 13.0. The van der Waals surface area contributed by atoms with E-state index in [-0.39, 0.29) is 5.41 Å². The van der Waals surface area contributed by atoms with Gasteiger partial charge in [-0.05, 0) is 73.1 Å². The van der Waals surface area contributed by atoms with Gasteiger partial charge in [-0.25, -0.2) is 5.84 Å². The number of nitrogens with one attached hydrogen (secondary N) is 2. The number of hydrazine groups is 1. The average molecular weight is 548 g/mol. The Bertz CT molecular complexity index is 1300. The van der Waals surface area contributed by atoms with Gasteiger partial charge >= 0.3 is 0 Å². The number of anilines is 3. The fourth-order valence-electron chi connectivity index (χ4n) is 4.07. The quantitative estimate of drug-likeness (QED) is 0.0848. The Morgan fingerprint density at radius 1 is 1.18 bits per heavy atom. The van der Waals surface area contributed by atoms with Crippen LogP contribution in [0.4, 0.5) is 17.1 Å². The van der Waals surface area contributed by atoms with Crippen molar-refractivity contribution in [3.63, 3.8) is 0 Å². The lowest BCUT2D eigenvalue weighted by Crippen LogP contribution is -2.27. The number of aryl methyl sites for hydroxylation is 1. The molecule has 0 spiro atoms. The van der Waals surface area contributed by atoms with Crippen LogP contribution in [-0.4, -0.2) is 7.11 Å². The number of hydrogen-bond donors (Lipinski definition) is 5. The average Bonchev–Trinajstić information content (AvgIpc) is 2.87. The van der Waals surface area contributed by atoms with Crippen LogP contribution in [0.2, 0.25) is 0 Å². The Labute approximate surface area is 240 Å². The molecule has 0 aliphatic rings. The van der Waals surface area contributed by atoms with Gasteiger partial charge in [-0.3, -0.25) is 5.01 Å². The summed E-state index contributed by atoms with van der Waals surface area (Å²) in [5.41, 5.74) is 15.2. The molecule has 0 saturated heterocycles. The van der Waals surface area contributed by atoms with Gasteiger partial charge in [-0.1, -0.05) is 83.5 Å². The van der Waals surface area contributed by atoms with E-state index < -0.39 is 0 Å². The van der Waals surface area contributed by atoms with E-state index in [0.29, 0.717) is 11.4 Å². The Kier molecular flexibility index (Phi) is 11.4. The van der Waals surface area contributed by atoms with Crippen LogP contribution in [0.5, 0.6) is 5.75 Å². The third-order valence-electron chi connectivity index (χ3n) is 6.26. The fourth-order valence-corrected chi connectivity index (χ4v) is 4.24. The fraction of sp³-hybridized carbons (Fsp3) is 0.312. The first kappa shape index (κ1) is 31.7. The molecule has 0 bridgehead atoms. The molecular weight excluding hydrogens is 502 g/mol. The largest absolute Gasteiger partial charge is 0.492 e. The number of ether oxygens (including phenoxy) is 1. The molecule has 0 heterocycles. The van der Waals surface area contributed by atoms with Crippen LogP contribution in [0.15, 0.2) is 84.3 Å². The summed E-state index contributed by atoms with van der Waals surface area (Å²) in [6.07, 6.45) is 10.5. The van der Waals surface area contributed by atoms with E-state index in [1.165, 1.54) is 0 Å². The highest BCUT2D eigenvalue weighted by Gasteiger charge is 2.20. The summed E-state index contributed by atoms with van der Waals surface area (Å²) >= 11 is 4.33. The molecule has 6 N–H and O–H groups in total. The lowest BCUT2D eigenvalue weighted by Gasteiger charge is -2.25. The Hall–Kier alpha value is -3.55. The van der Waals surface area contributed by atoms with E-state index in [1.807, 2.05) is 39.0 Å². The number of thiol groups is 1. The predicted octanol–water partition coefficient (Wildman–Crippen LogP) is 7.98. The molecule has 2 rings (SSSR count). The van der Waals surface area contributed by atoms with Gasteiger partial charge < -0.3 is 20.5 Å². The molecule has 0 radical (unpaired) electrons. The third kappa shape index (κ3) is 8.22. The zero-order valence-electron chi connectivity index (χ0n) is 24.6. The highest BCUT2D eigenvalue weighted by atomic mass is 32.1. The summed E-state index contributed by atoms with van der Waals surface area (Å²) in [5.74, 6) is 7.22. The summed E-state index contributed by atoms with van der Waals surface area (Å²) in [6, 6.07) is 10.4. The Balaban J connectivity index is 2.58. The number of methoxy groups -OCH3 is 1. The first-order valence-electron chi connectivity index (χ1n) is 13.1. The molecule has 0 amide bonds. The van der Waals surface area contributed by atoms with Crippen molar-refractivity contribution in [3.8, 4) is 5.75 Å². The molecule has 0 aliphatic heterocycles. The van der Waals surface area contributed by atoms with Gasteiger partial charge in [0.2, 0.25) is 0 Å². The van der Waals surface area contributed by atoms with Crippen LogP contribution in [0.25, 0.3) is 5.70 Å². The summed E-state index contributed by atoms with van der Waals surface area (Å²) in [6.45, 7) is 18.6. The Morgan fingerprint density at radius 3 is 2.38 bits per heavy atom. The molecular formula is C32H45N5OS. The van der Waals surface area contributed by atoms with Crippen molar-refractivity contribution in [2.45, 2.75) is 60.3 Å². The van der Waals surface area contributed by atoms with E-state index in [2.05, 4.69) is 93.5 Å². The molecule has 210 valence electrons. The van der Waals surface area contributed by atoms with Gasteiger partial charge in [0.15, 0.2) is 5.75 Å². The van der Waals surface area contributed by atoms with Gasteiger partial charge in [0.25, 0.3) is 0 Å². The molecule has 39 heavy (non-hydrogen) atoms.